The highest BCUT2D eigenvalue weighted by molar-refractivity contribution is 5.99. The van der Waals surface area contributed by atoms with Crippen molar-refractivity contribution in [2.75, 3.05) is 15.6 Å². The van der Waals surface area contributed by atoms with E-state index in [0.717, 1.165) is 16.8 Å². The Bertz CT molecular complexity index is 1270. The molecule has 0 aliphatic carbocycles. The molecule has 162 valence electrons. The van der Waals surface area contributed by atoms with Crippen molar-refractivity contribution in [3.63, 3.8) is 0 Å². The van der Waals surface area contributed by atoms with Crippen LogP contribution in [0.1, 0.15) is 0 Å². The van der Waals surface area contributed by atoms with Crippen molar-refractivity contribution < 1.29 is 4.79 Å². The predicted molar refractivity (Wildman–Crippen MR) is 133 cm³/mol. The summed E-state index contributed by atoms with van der Waals surface area (Å²) in [6, 6.07) is 26.5. The third-order valence-electron chi connectivity index (χ3n) is 4.92. The Morgan fingerprint density at radius 3 is 2.36 bits per heavy atom. The van der Waals surface area contributed by atoms with E-state index >= 15 is 0 Å². The minimum absolute atomic E-state index is 0.299. The van der Waals surface area contributed by atoms with E-state index < -0.39 is 0 Å². The molecule has 4 rings (SSSR count). The number of aromatic nitrogens is 1. The largest absolute Gasteiger partial charge is 0.354 e. The van der Waals surface area contributed by atoms with Gasteiger partial charge in [-0.3, -0.25) is 9.78 Å². The number of rotatable bonds is 8. The van der Waals surface area contributed by atoms with Crippen LogP contribution in [-0.2, 0) is 4.79 Å². The molecule has 33 heavy (non-hydrogen) atoms. The fourth-order valence-corrected chi connectivity index (χ4v) is 3.34. The van der Waals surface area contributed by atoms with Crippen LogP contribution >= 0.6 is 0 Å². The SMILES string of the molecule is C=CC(=O)Nc1cccc(Nc2ccncc2N(N=O)c2ccc(-c3ccccc3)cc2)c1. The topological polar surface area (TPSA) is 86.7 Å². The van der Waals surface area contributed by atoms with Gasteiger partial charge < -0.3 is 10.6 Å². The van der Waals surface area contributed by atoms with Crippen LogP contribution in [0.15, 0.2) is 115 Å². The molecule has 0 unspecified atom stereocenters. The van der Waals surface area contributed by atoms with Gasteiger partial charge in [0, 0.05) is 17.6 Å². The lowest BCUT2D eigenvalue weighted by Crippen LogP contribution is -2.10. The summed E-state index contributed by atoms with van der Waals surface area (Å²) in [5, 5.41) is 10.5. The molecule has 3 aromatic carbocycles. The van der Waals surface area contributed by atoms with Gasteiger partial charge in [-0.1, -0.05) is 55.1 Å². The van der Waals surface area contributed by atoms with Gasteiger partial charge in [0.05, 0.1) is 22.9 Å². The normalized spacial score (nSPS) is 10.2. The van der Waals surface area contributed by atoms with Gasteiger partial charge >= 0.3 is 0 Å². The molecule has 4 aromatic rings. The van der Waals surface area contributed by atoms with Gasteiger partial charge in [-0.15, -0.1) is 4.91 Å². The molecule has 0 bridgehead atoms. The second kappa shape index (κ2) is 10.0. The Labute approximate surface area is 191 Å². The molecule has 0 atom stereocenters. The number of hydrogen-bond donors (Lipinski definition) is 2. The lowest BCUT2D eigenvalue weighted by atomic mass is 10.1. The Kier molecular flexibility index (Phi) is 6.51. The number of carbonyl (C=O) groups is 1. The first kappa shape index (κ1) is 21.5. The van der Waals surface area contributed by atoms with Crippen molar-refractivity contribution in [2.45, 2.75) is 0 Å². The minimum atomic E-state index is -0.299. The molecule has 0 saturated heterocycles. The highest BCUT2D eigenvalue weighted by Crippen LogP contribution is 2.34. The Hall–Kier alpha value is -4.78. The van der Waals surface area contributed by atoms with E-state index in [1.165, 1.54) is 11.1 Å². The molecule has 0 saturated carbocycles. The highest BCUT2D eigenvalue weighted by atomic mass is 16.3. The van der Waals surface area contributed by atoms with Gasteiger partial charge in [-0.25, -0.2) is 0 Å². The second-order valence-corrected chi connectivity index (χ2v) is 7.10. The first-order valence-corrected chi connectivity index (χ1v) is 10.2. The first-order chi connectivity index (χ1) is 16.2. The Balaban J connectivity index is 1.61. The number of anilines is 5. The summed E-state index contributed by atoms with van der Waals surface area (Å²) in [6.45, 7) is 3.46. The number of amides is 1. The van der Waals surface area contributed by atoms with Gasteiger partial charge in [0.25, 0.3) is 0 Å². The molecule has 7 nitrogen and oxygen atoms in total. The summed E-state index contributed by atoms with van der Waals surface area (Å²) in [7, 11) is 0. The molecule has 1 aromatic heterocycles. The van der Waals surface area contributed by atoms with Gasteiger partial charge in [0.1, 0.15) is 5.69 Å². The van der Waals surface area contributed by atoms with Crippen molar-refractivity contribution in [1.29, 1.82) is 0 Å². The third kappa shape index (κ3) is 5.11. The standard InChI is InChI=1S/C26H21N5O2/c1-2-26(32)29-22-10-6-9-21(17-22)28-24-15-16-27-18-25(24)31(30-33)23-13-11-20(12-14-23)19-7-4-3-5-8-19/h2-18H,1H2,(H,27,28)(H,29,32). The highest BCUT2D eigenvalue weighted by Gasteiger charge is 2.15. The van der Waals surface area contributed by atoms with Crippen molar-refractivity contribution >= 4 is 34.3 Å². The molecule has 0 spiro atoms. The number of nitrogens with zero attached hydrogens (tertiary/aromatic N) is 3. The number of benzene rings is 3. The summed E-state index contributed by atoms with van der Waals surface area (Å²) < 4.78 is 0. The predicted octanol–water partition coefficient (Wildman–Crippen LogP) is 6.44. The van der Waals surface area contributed by atoms with Gasteiger partial charge in [-0.2, -0.15) is 5.01 Å². The molecule has 1 heterocycles. The van der Waals surface area contributed by atoms with Crippen LogP contribution in [0.25, 0.3) is 11.1 Å². The minimum Gasteiger partial charge on any atom is -0.354 e. The Morgan fingerprint density at radius 1 is 0.909 bits per heavy atom. The molecule has 7 heteroatoms. The number of nitroso groups, excluding NO2 is 1. The second-order valence-electron chi connectivity index (χ2n) is 7.10. The van der Waals surface area contributed by atoms with Crippen molar-refractivity contribution in [3.05, 3.63) is 115 Å². The van der Waals surface area contributed by atoms with Crippen LogP contribution in [0.4, 0.5) is 28.4 Å². The van der Waals surface area contributed by atoms with Crippen LogP contribution in [0.2, 0.25) is 0 Å². The van der Waals surface area contributed by atoms with Crippen LogP contribution < -0.4 is 15.6 Å². The van der Waals surface area contributed by atoms with E-state index in [2.05, 4.69) is 27.5 Å². The molecular formula is C26H21N5O2. The summed E-state index contributed by atoms with van der Waals surface area (Å²) in [6.07, 6.45) is 4.40. The van der Waals surface area contributed by atoms with Crippen molar-refractivity contribution in [1.82, 2.24) is 4.98 Å². The summed E-state index contributed by atoms with van der Waals surface area (Å²) in [5.74, 6) is -0.299. The van der Waals surface area contributed by atoms with E-state index in [1.807, 2.05) is 60.7 Å². The maximum Gasteiger partial charge on any atom is 0.247 e. The van der Waals surface area contributed by atoms with Gasteiger partial charge in [0.2, 0.25) is 5.91 Å². The summed E-state index contributed by atoms with van der Waals surface area (Å²) in [5.41, 5.74) is 5.17. The fourth-order valence-electron chi connectivity index (χ4n) is 3.34. The van der Waals surface area contributed by atoms with Gasteiger partial charge in [-0.05, 0) is 53.6 Å². The number of carbonyl (C=O) groups excluding carboxylic acids is 1. The van der Waals surface area contributed by atoms with Crippen LogP contribution in [0.3, 0.4) is 0 Å². The smallest absolute Gasteiger partial charge is 0.247 e. The van der Waals surface area contributed by atoms with Crippen molar-refractivity contribution in [2.24, 2.45) is 5.29 Å². The van der Waals surface area contributed by atoms with E-state index in [-0.39, 0.29) is 5.91 Å². The van der Waals surface area contributed by atoms with Gasteiger partial charge in [0.15, 0.2) is 0 Å². The molecule has 2 N–H and O–H groups in total. The Morgan fingerprint density at radius 2 is 1.64 bits per heavy atom. The maximum atomic E-state index is 11.8. The number of nitrogens with one attached hydrogen (secondary N) is 2. The van der Waals surface area contributed by atoms with E-state index in [9.17, 15) is 9.70 Å². The monoisotopic (exact) mass is 435 g/mol. The molecule has 0 aliphatic heterocycles. The number of hydrogen-bond acceptors (Lipinski definition) is 5. The van der Waals surface area contributed by atoms with Crippen LogP contribution in [0.5, 0.6) is 0 Å². The fraction of sp³-hybridized carbons (Fsp3) is 0. The lowest BCUT2D eigenvalue weighted by Gasteiger charge is -2.20. The molecule has 0 aliphatic rings. The zero-order valence-electron chi connectivity index (χ0n) is 17.7. The lowest BCUT2D eigenvalue weighted by molar-refractivity contribution is -0.111. The number of pyridine rings is 1. The van der Waals surface area contributed by atoms with E-state index in [0.29, 0.717) is 22.7 Å². The first-order valence-electron chi connectivity index (χ1n) is 10.2. The summed E-state index contributed by atoms with van der Waals surface area (Å²) >= 11 is 0. The average molecular weight is 435 g/mol. The zero-order chi connectivity index (χ0) is 23.0. The average Bonchev–Trinajstić information content (AvgIpc) is 2.86. The zero-order valence-corrected chi connectivity index (χ0v) is 17.7. The van der Waals surface area contributed by atoms with E-state index in [1.54, 1.807) is 36.7 Å². The molecular weight excluding hydrogens is 414 g/mol. The maximum absolute atomic E-state index is 11.8. The molecule has 0 fully saturated rings. The van der Waals surface area contributed by atoms with E-state index in [4.69, 9.17) is 0 Å². The van der Waals surface area contributed by atoms with Crippen LogP contribution in [-0.4, -0.2) is 10.9 Å². The third-order valence-corrected chi connectivity index (χ3v) is 4.92. The molecule has 1 amide bonds. The van der Waals surface area contributed by atoms with Crippen LogP contribution in [0, 0.1) is 4.91 Å². The van der Waals surface area contributed by atoms with Crippen molar-refractivity contribution in [3.8, 4) is 11.1 Å². The molecule has 0 radical (unpaired) electrons. The quantitative estimate of drug-likeness (QED) is 0.189. The summed E-state index contributed by atoms with van der Waals surface area (Å²) in [4.78, 5) is 27.6.